The van der Waals surface area contributed by atoms with Gasteiger partial charge in [-0.15, -0.1) is 0 Å². The number of hydrogen-bond donors (Lipinski definition) is 0. The lowest BCUT2D eigenvalue weighted by molar-refractivity contribution is -0.480. The maximum atomic E-state index is 15.2. The molecule has 7 heteroatoms. The van der Waals surface area contributed by atoms with E-state index in [1.54, 1.807) is 6.07 Å². The summed E-state index contributed by atoms with van der Waals surface area (Å²) >= 11 is 0. The van der Waals surface area contributed by atoms with E-state index in [0.29, 0.717) is 30.9 Å². The summed E-state index contributed by atoms with van der Waals surface area (Å²) in [6.07, 6.45) is 4.30. The Labute approximate surface area is 201 Å². The summed E-state index contributed by atoms with van der Waals surface area (Å²) in [4.78, 5) is 0. The zero-order chi connectivity index (χ0) is 24.6. The first-order chi connectivity index (χ1) is 16.8. The van der Waals surface area contributed by atoms with Crippen LogP contribution in [-0.4, -0.2) is 19.8 Å². The fraction of sp³-hybridized carbons (Fsp3) is 0.357. The van der Waals surface area contributed by atoms with Crippen LogP contribution in [0.1, 0.15) is 38.2 Å². The van der Waals surface area contributed by atoms with Gasteiger partial charge in [-0.25, -0.2) is 17.6 Å². The van der Waals surface area contributed by atoms with Gasteiger partial charge in [-0.2, -0.15) is 0 Å². The third-order valence-corrected chi connectivity index (χ3v) is 6.85. The molecule has 3 aromatic carbocycles. The summed E-state index contributed by atoms with van der Waals surface area (Å²) < 4.78 is 74.6. The predicted octanol–water partition coefficient (Wildman–Crippen LogP) is 7.33. The molecule has 3 aliphatic heterocycles. The monoisotopic (exact) mass is 486 g/mol. The number of halogens is 4. The lowest BCUT2D eigenvalue weighted by atomic mass is 9.82. The summed E-state index contributed by atoms with van der Waals surface area (Å²) in [6.45, 7) is 3.60. The van der Waals surface area contributed by atoms with E-state index in [0.717, 1.165) is 37.8 Å². The first kappa shape index (κ1) is 24.0. The molecule has 0 atom stereocenters. The Morgan fingerprint density at radius 2 is 1.23 bits per heavy atom. The molecule has 2 bridgehead atoms. The van der Waals surface area contributed by atoms with E-state index in [2.05, 4.69) is 6.92 Å². The summed E-state index contributed by atoms with van der Waals surface area (Å²) in [7, 11) is 0. The largest absolute Gasteiger partial charge is 0.323 e. The van der Waals surface area contributed by atoms with Crippen LogP contribution in [0.2, 0.25) is 0 Å². The topological polar surface area (TPSA) is 27.7 Å². The second-order valence-electron chi connectivity index (χ2n) is 9.40. The molecule has 0 amide bonds. The van der Waals surface area contributed by atoms with Gasteiger partial charge in [0.05, 0.1) is 19.8 Å². The molecule has 3 aliphatic rings. The van der Waals surface area contributed by atoms with Gasteiger partial charge in [-0.1, -0.05) is 56.5 Å². The first-order valence-corrected chi connectivity index (χ1v) is 11.8. The number of unbranched alkanes of at least 4 members (excludes halogenated alkanes) is 2. The van der Waals surface area contributed by atoms with Crippen molar-refractivity contribution in [2.24, 2.45) is 5.41 Å². The summed E-state index contributed by atoms with van der Waals surface area (Å²) in [5.74, 6) is -4.78. The minimum atomic E-state index is -1.44. The van der Waals surface area contributed by atoms with Crippen LogP contribution in [0.15, 0.2) is 54.6 Å². The van der Waals surface area contributed by atoms with Crippen molar-refractivity contribution in [2.75, 3.05) is 19.8 Å². The van der Waals surface area contributed by atoms with Crippen molar-refractivity contribution >= 4 is 0 Å². The molecule has 184 valence electrons. The number of fused-ring (bicyclic) bond motifs is 3. The van der Waals surface area contributed by atoms with Gasteiger partial charge in [0.2, 0.25) is 0 Å². The van der Waals surface area contributed by atoms with Crippen LogP contribution in [0.5, 0.6) is 0 Å². The predicted molar refractivity (Wildman–Crippen MR) is 123 cm³/mol. The second-order valence-corrected chi connectivity index (χ2v) is 9.40. The van der Waals surface area contributed by atoms with E-state index in [4.69, 9.17) is 14.2 Å². The van der Waals surface area contributed by atoms with Crippen LogP contribution in [0.4, 0.5) is 17.6 Å². The van der Waals surface area contributed by atoms with Crippen molar-refractivity contribution in [1.29, 1.82) is 0 Å². The standard InChI is InChI=1S/C28H26F4O3/c1-2-3-4-11-27-15-33-28(34-16-27,35-17-27)20-7-9-22(25(31)14-20)18-5-8-21(24(30)12-18)19-6-10-23(29)26(32)13-19/h5-10,12-14H,2-4,11,15-17H2,1H3. The molecule has 0 radical (unpaired) electrons. The van der Waals surface area contributed by atoms with Crippen molar-refractivity contribution in [3.63, 3.8) is 0 Å². The average molecular weight is 487 g/mol. The summed E-state index contributed by atoms with van der Waals surface area (Å²) in [5.41, 5.74) is 1.00. The Bertz CT molecular complexity index is 1220. The Hall–Kier alpha value is -2.74. The molecule has 3 saturated heterocycles. The van der Waals surface area contributed by atoms with E-state index >= 15 is 4.39 Å². The maximum absolute atomic E-state index is 15.2. The van der Waals surface area contributed by atoms with Gasteiger partial charge in [0.1, 0.15) is 11.6 Å². The van der Waals surface area contributed by atoms with Crippen molar-refractivity contribution in [3.8, 4) is 22.3 Å². The third-order valence-electron chi connectivity index (χ3n) is 6.85. The van der Waals surface area contributed by atoms with Crippen molar-refractivity contribution in [1.82, 2.24) is 0 Å². The lowest BCUT2D eigenvalue weighted by Gasteiger charge is -2.52. The number of rotatable bonds is 7. The molecule has 3 aromatic rings. The van der Waals surface area contributed by atoms with Crippen LogP contribution in [-0.2, 0) is 20.2 Å². The van der Waals surface area contributed by atoms with Crippen LogP contribution in [0.3, 0.4) is 0 Å². The molecule has 3 nitrogen and oxygen atoms in total. The van der Waals surface area contributed by atoms with E-state index in [1.807, 2.05) is 0 Å². The van der Waals surface area contributed by atoms with Gasteiger partial charge < -0.3 is 14.2 Å². The highest BCUT2D eigenvalue weighted by molar-refractivity contribution is 5.71. The van der Waals surface area contributed by atoms with Gasteiger partial charge in [0, 0.05) is 22.1 Å². The van der Waals surface area contributed by atoms with Crippen LogP contribution in [0.25, 0.3) is 22.3 Å². The minimum Gasteiger partial charge on any atom is -0.323 e. The minimum absolute atomic E-state index is 0.0885. The zero-order valence-electron chi connectivity index (χ0n) is 19.4. The molecule has 0 spiro atoms. The van der Waals surface area contributed by atoms with Gasteiger partial charge in [-0.05, 0) is 41.8 Å². The molecule has 3 fully saturated rings. The molecule has 35 heavy (non-hydrogen) atoms. The second kappa shape index (κ2) is 9.37. The molecule has 0 saturated carbocycles. The average Bonchev–Trinajstić information content (AvgIpc) is 2.87. The molecule has 0 aliphatic carbocycles. The number of benzene rings is 3. The van der Waals surface area contributed by atoms with Crippen LogP contribution < -0.4 is 0 Å². The molecular weight excluding hydrogens is 460 g/mol. The molecule has 0 aromatic heterocycles. The highest BCUT2D eigenvalue weighted by Crippen LogP contribution is 2.47. The molecule has 3 heterocycles. The SMILES string of the molecule is CCCCCC12COC(c3ccc(-c4ccc(-c5ccc(F)c(F)c5)c(F)c4)c(F)c3)(OC1)OC2. The first-order valence-electron chi connectivity index (χ1n) is 11.8. The maximum Gasteiger partial charge on any atom is 0.312 e. The highest BCUT2D eigenvalue weighted by atomic mass is 19.2. The van der Waals surface area contributed by atoms with E-state index in [1.165, 1.54) is 36.4 Å². The van der Waals surface area contributed by atoms with Gasteiger partial charge in [0.25, 0.3) is 0 Å². The smallest absolute Gasteiger partial charge is 0.312 e. The van der Waals surface area contributed by atoms with Crippen molar-refractivity contribution < 1.29 is 31.8 Å². The normalized spacial score (nSPS) is 23.6. The van der Waals surface area contributed by atoms with Crippen molar-refractivity contribution in [3.05, 3.63) is 83.4 Å². The van der Waals surface area contributed by atoms with Gasteiger partial charge >= 0.3 is 5.97 Å². The molecule has 6 rings (SSSR count). The fourth-order valence-corrected chi connectivity index (χ4v) is 4.73. The molecular formula is C28H26F4O3. The van der Waals surface area contributed by atoms with Crippen LogP contribution >= 0.6 is 0 Å². The Balaban J connectivity index is 1.36. The Kier molecular flexibility index (Phi) is 6.42. The van der Waals surface area contributed by atoms with E-state index < -0.39 is 29.2 Å². The molecule has 0 unspecified atom stereocenters. The zero-order valence-corrected chi connectivity index (χ0v) is 19.4. The Morgan fingerprint density at radius 1 is 0.657 bits per heavy atom. The third kappa shape index (κ3) is 4.48. The van der Waals surface area contributed by atoms with E-state index in [-0.39, 0.29) is 22.1 Å². The van der Waals surface area contributed by atoms with Gasteiger partial charge in [0.15, 0.2) is 11.6 Å². The number of ether oxygens (including phenoxy) is 3. The lowest BCUT2D eigenvalue weighted by Crippen LogP contribution is -2.58. The van der Waals surface area contributed by atoms with E-state index in [9.17, 15) is 13.2 Å². The Morgan fingerprint density at radius 3 is 1.80 bits per heavy atom. The summed E-state index contributed by atoms with van der Waals surface area (Å²) in [6, 6.07) is 11.7. The highest BCUT2D eigenvalue weighted by Gasteiger charge is 2.53. The fourth-order valence-electron chi connectivity index (χ4n) is 4.73. The quantitative estimate of drug-likeness (QED) is 0.259. The summed E-state index contributed by atoms with van der Waals surface area (Å²) in [5, 5.41) is 0. The van der Waals surface area contributed by atoms with Gasteiger partial charge in [-0.3, -0.25) is 0 Å². The number of hydrogen-bond acceptors (Lipinski definition) is 3. The van der Waals surface area contributed by atoms with Crippen LogP contribution in [0, 0.1) is 28.7 Å². The molecule has 0 N–H and O–H groups in total. The van der Waals surface area contributed by atoms with Crippen molar-refractivity contribution in [2.45, 2.75) is 38.6 Å².